The second kappa shape index (κ2) is 5.41. The SMILES string of the molecule is O=C(c1ccccc1F)C(O)C1CCCCC1. The number of hydrogen-bond donors (Lipinski definition) is 1. The summed E-state index contributed by atoms with van der Waals surface area (Å²) < 4.78 is 13.4. The first kappa shape index (κ1) is 12.2. The lowest BCUT2D eigenvalue weighted by Gasteiger charge is -2.25. The number of Topliss-reactive ketones (excluding diaryl/α,β-unsaturated/α-hetero) is 1. The third kappa shape index (κ3) is 2.72. The maximum absolute atomic E-state index is 13.4. The minimum Gasteiger partial charge on any atom is -0.385 e. The lowest BCUT2D eigenvalue weighted by Crippen LogP contribution is -2.31. The van der Waals surface area contributed by atoms with Crippen molar-refractivity contribution in [3.63, 3.8) is 0 Å². The van der Waals surface area contributed by atoms with Crippen molar-refractivity contribution in [2.75, 3.05) is 0 Å². The van der Waals surface area contributed by atoms with E-state index in [2.05, 4.69) is 0 Å². The maximum atomic E-state index is 13.4. The van der Waals surface area contributed by atoms with Gasteiger partial charge in [-0.25, -0.2) is 4.39 Å². The normalized spacial score (nSPS) is 18.9. The highest BCUT2D eigenvalue weighted by atomic mass is 19.1. The summed E-state index contributed by atoms with van der Waals surface area (Å²) in [4.78, 5) is 12.0. The van der Waals surface area contributed by atoms with Crippen LogP contribution in [0.25, 0.3) is 0 Å². The van der Waals surface area contributed by atoms with Gasteiger partial charge in [-0.1, -0.05) is 31.4 Å². The van der Waals surface area contributed by atoms with Crippen molar-refractivity contribution < 1.29 is 14.3 Å². The molecule has 0 amide bonds. The predicted octanol–water partition coefficient (Wildman–Crippen LogP) is 2.95. The van der Waals surface area contributed by atoms with Gasteiger partial charge in [-0.15, -0.1) is 0 Å². The summed E-state index contributed by atoms with van der Waals surface area (Å²) in [6, 6.07) is 5.84. The van der Waals surface area contributed by atoms with E-state index in [0.717, 1.165) is 32.1 Å². The van der Waals surface area contributed by atoms with E-state index in [0.29, 0.717) is 0 Å². The number of benzene rings is 1. The van der Waals surface area contributed by atoms with Crippen LogP contribution in [0, 0.1) is 11.7 Å². The first-order valence-corrected chi connectivity index (χ1v) is 6.17. The molecule has 1 N–H and O–H groups in total. The third-order valence-electron chi connectivity index (χ3n) is 3.50. The molecule has 0 saturated heterocycles. The zero-order valence-corrected chi connectivity index (χ0v) is 9.73. The van der Waals surface area contributed by atoms with Crippen molar-refractivity contribution in [3.05, 3.63) is 35.6 Å². The molecule has 17 heavy (non-hydrogen) atoms. The van der Waals surface area contributed by atoms with E-state index in [-0.39, 0.29) is 11.5 Å². The number of aliphatic hydroxyl groups is 1. The summed E-state index contributed by atoms with van der Waals surface area (Å²) in [7, 11) is 0. The average Bonchev–Trinajstić information content (AvgIpc) is 2.39. The standard InChI is InChI=1S/C14H17FO2/c15-12-9-5-4-8-11(12)14(17)13(16)10-6-2-1-3-7-10/h4-5,8-10,13,16H,1-3,6-7H2. The topological polar surface area (TPSA) is 37.3 Å². The predicted molar refractivity (Wildman–Crippen MR) is 63.3 cm³/mol. The molecule has 0 bridgehead atoms. The summed E-state index contributed by atoms with van der Waals surface area (Å²) in [5.74, 6) is -1.03. The highest BCUT2D eigenvalue weighted by Crippen LogP contribution is 2.28. The molecule has 1 aliphatic carbocycles. The Labute approximate surface area is 100 Å². The molecule has 3 heteroatoms. The fraction of sp³-hybridized carbons (Fsp3) is 0.500. The number of hydrogen-bond acceptors (Lipinski definition) is 2. The Balaban J connectivity index is 2.11. The molecule has 0 aliphatic heterocycles. The van der Waals surface area contributed by atoms with E-state index in [1.807, 2.05) is 0 Å². The van der Waals surface area contributed by atoms with E-state index in [9.17, 15) is 14.3 Å². The Morgan fingerprint density at radius 3 is 2.53 bits per heavy atom. The number of carbonyl (C=O) groups excluding carboxylic acids is 1. The number of ketones is 1. The second-order valence-corrected chi connectivity index (χ2v) is 4.69. The minimum absolute atomic E-state index is 0.00384. The summed E-state index contributed by atoms with van der Waals surface area (Å²) in [5.41, 5.74) is 0.00516. The van der Waals surface area contributed by atoms with Gasteiger partial charge in [0.05, 0.1) is 5.56 Å². The Morgan fingerprint density at radius 1 is 1.24 bits per heavy atom. The molecule has 1 aromatic carbocycles. The molecule has 1 aliphatic rings. The Morgan fingerprint density at radius 2 is 1.88 bits per heavy atom. The molecule has 0 spiro atoms. The molecular formula is C14H17FO2. The Kier molecular flexibility index (Phi) is 3.89. The van der Waals surface area contributed by atoms with E-state index in [1.165, 1.54) is 12.1 Å². The smallest absolute Gasteiger partial charge is 0.194 e. The summed E-state index contributed by atoms with van der Waals surface area (Å²) >= 11 is 0. The number of carbonyl (C=O) groups is 1. The van der Waals surface area contributed by atoms with Crippen molar-refractivity contribution in [3.8, 4) is 0 Å². The van der Waals surface area contributed by atoms with Crippen LogP contribution >= 0.6 is 0 Å². The van der Waals surface area contributed by atoms with Gasteiger partial charge in [-0.05, 0) is 30.9 Å². The largest absolute Gasteiger partial charge is 0.385 e. The summed E-state index contributed by atoms with van der Waals surface area (Å²) in [6.07, 6.45) is 3.94. The highest BCUT2D eigenvalue weighted by molar-refractivity contribution is 5.99. The summed E-state index contributed by atoms with van der Waals surface area (Å²) in [6.45, 7) is 0. The van der Waals surface area contributed by atoms with Crippen LogP contribution in [0.4, 0.5) is 4.39 Å². The van der Waals surface area contributed by atoms with E-state index in [1.54, 1.807) is 12.1 Å². The molecule has 0 radical (unpaired) electrons. The van der Waals surface area contributed by atoms with Crippen LogP contribution < -0.4 is 0 Å². The second-order valence-electron chi connectivity index (χ2n) is 4.69. The van der Waals surface area contributed by atoms with Gasteiger partial charge in [-0.2, -0.15) is 0 Å². The molecule has 1 atom stereocenters. The molecule has 1 saturated carbocycles. The Hall–Kier alpha value is -1.22. The first-order chi connectivity index (χ1) is 8.20. The van der Waals surface area contributed by atoms with Gasteiger partial charge in [0.2, 0.25) is 0 Å². The zero-order chi connectivity index (χ0) is 12.3. The van der Waals surface area contributed by atoms with Crippen LogP contribution in [-0.2, 0) is 0 Å². The number of rotatable bonds is 3. The molecule has 92 valence electrons. The van der Waals surface area contributed by atoms with Gasteiger partial charge in [0.1, 0.15) is 11.9 Å². The van der Waals surface area contributed by atoms with Gasteiger partial charge in [0.15, 0.2) is 5.78 Å². The molecule has 2 nitrogen and oxygen atoms in total. The third-order valence-corrected chi connectivity index (χ3v) is 3.50. The first-order valence-electron chi connectivity index (χ1n) is 6.17. The van der Waals surface area contributed by atoms with Crippen molar-refractivity contribution >= 4 is 5.78 Å². The molecule has 1 aromatic rings. The molecule has 1 fully saturated rings. The van der Waals surface area contributed by atoms with Crippen molar-refractivity contribution in [2.24, 2.45) is 5.92 Å². The van der Waals surface area contributed by atoms with Crippen LogP contribution in [-0.4, -0.2) is 17.0 Å². The lowest BCUT2D eigenvalue weighted by molar-refractivity contribution is 0.0530. The van der Waals surface area contributed by atoms with E-state index >= 15 is 0 Å². The number of aliphatic hydroxyl groups excluding tert-OH is 1. The molecular weight excluding hydrogens is 219 g/mol. The minimum atomic E-state index is -1.05. The van der Waals surface area contributed by atoms with E-state index in [4.69, 9.17) is 0 Å². The zero-order valence-electron chi connectivity index (χ0n) is 9.73. The van der Waals surface area contributed by atoms with Gasteiger partial charge in [0.25, 0.3) is 0 Å². The summed E-state index contributed by atoms with van der Waals surface area (Å²) in [5, 5.41) is 10.0. The van der Waals surface area contributed by atoms with Crippen LogP contribution in [0.2, 0.25) is 0 Å². The fourth-order valence-electron chi connectivity index (χ4n) is 2.48. The van der Waals surface area contributed by atoms with Gasteiger partial charge < -0.3 is 5.11 Å². The molecule has 2 rings (SSSR count). The van der Waals surface area contributed by atoms with Crippen molar-refractivity contribution in [1.82, 2.24) is 0 Å². The van der Waals surface area contributed by atoms with Gasteiger partial charge >= 0.3 is 0 Å². The molecule has 1 unspecified atom stereocenters. The highest BCUT2D eigenvalue weighted by Gasteiger charge is 2.29. The number of halogens is 1. The molecule has 0 aromatic heterocycles. The Bertz CT molecular complexity index is 397. The van der Waals surface area contributed by atoms with Crippen LogP contribution in [0.15, 0.2) is 24.3 Å². The lowest BCUT2D eigenvalue weighted by atomic mass is 9.82. The van der Waals surface area contributed by atoms with Crippen molar-refractivity contribution in [2.45, 2.75) is 38.2 Å². The molecule has 0 heterocycles. The fourth-order valence-corrected chi connectivity index (χ4v) is 2.48. The van der Waals surface area contributed by atoms with Gasteiger partial charge in [0, 0.05) is 0 Å². The quantitative estimate of drug-likeness (QED) is 0.819. The average molecular weight is 236 g/mol. The van der Waals surface area contributed by atoms with Gasteiger partial charge in [-0.3, -0.25) is 4.79 Å². The van der Waals surface area contributed by atoms with Crippen LogP contribution in [0.1, 0.15) is 42.5 Å². The van der Waals surface area contributed by atoms with E-state index < -0.39 is 17.7 Å². The van der Waals surface area contributed by atoms with Crippen LogP contribution in [0.3, 0.4) is 0 Å². The van der Waals surface area contributed by atoms with Crippen LogP contribution in [0.5, 0.6) is 0 Å². The maximum Gasteiger partial charge on any atom is 0.194 e. The monoisotopic (exact) mass is 236 g/mol. The van der Waals surface area contributed by atoms with Crippen molar-refractivity contribution in [1.29, 1.82) is 0 Å².